The predicted molar refractivity (Wildman–Crippen MR) is 330 cm³/mol. The van der Waals surface area contributed by atoms with E-state index in [0.717, 1.165) is 108 Å². The van der Waals surface area contributed by atoms with Crippen LogP contribution in [0.25, 0.3) is 0 Å². The van der Waals surface area contributed by atoms with E-state index in [4.69, 9.17) is 29.8 Å². The molecule has 4 bridgehead atoms. The van der Waals surface area contributed by atoms with Gasteiger partial charge in [0.05, 0.1) is 59.4 Å². The van der Waals surface area contributed by atoms with Crippen molar-refractivity contribution in [3.63, 3.8) is 0 Å². The number of carboxylic acid groups (broad SMARTS) is 2. The fraction of sp³-hybridized carbons (Fsp3) is 0.746. The van der Waals surface area contributed by atoms with Gasteiger partial charge in [-0.1, -0.05) is 63.5 Å². The molecule has 4 N–H and O–H groups in total. The summed E-state index contributed by atoms with van der Waals surface area (Å²) in [5.74, 6) is -2.74. The second-order valence-electron chi connectivity index (χ2n) is 25.4. The molecule has 436 valence electrons. The Morgan fingerprint density at radius 2 is 0.667 bits per heavy atom. The van der Waals surface area contributed by atoms with E-state index in [1.165, 1.54) is 229 Å². The van der Waals surface area contributed by atoms with E-state index < -0.39 is 26.5 Å². The van der Waals surface area contributed by atoms with Gasteiger partial charge in [0.25, 0.3) is 0 Å². The van der Waals surface area contributed by atoms with E-state index in [0.29, 0.717) is 24.6 Å². The molecule has 0 unspecified atom stereocenters. The van der Waals surface area contributed by atoms with Crippen LogP contribution in [0.4, 0.5) is 0 Å². The number of hydrogen-bond acceptors (Lipinski definition) is 6. The average Bonchev–Trinajstić information content (AvgIpc) is 3.57. The van der Waals surface area contributed by atoms with Crippen molar-refractivity contribution in [2.24, 2.45) is 9.98 Å². The fourth-order valence-corrected chi connectivity index (χ4v) is 32.4. The van der Waals surface area contributed by atoms with Crippen LogP contribution >= 0.6 is 14.5 Å². The number of aliphatic imine (C=N–C) groups is 2. The van der Waals surface area contributed by atoms with Gasteiger partial charge in [-0.15, -0.1) is 0 Å². The average molecular weight is 1150 g/mol. The molecule has 8 nitrogen and oxygen atoms in total. The molecule has 7 aliphatic rings. The zero-order valence-corrected chi connectivity index (χ0v) is 51.9. The molecule has 6 fully saturated rings. The van der Waals surface area contributed by atoms with Crippen molar-refractivity contribution in [1.82, 2.24) is 0 Å². The minimum atomic E-state index is -1.82. The van der Waals surface area contributed by atoms with Crippen LogP contribution in [0.1, 0.15) is 265 Å². The minimum Gasteiger partial charge on any atom is -0.507 e. The Morgan fingerprint density at radius 3 is 0.923 bits per heavy atom. The van der Waals surface area contributed by atoms with Gasteiger partial charge >= 0.3 is 11.9 Å². The van der Waals surface area contributed by atoms with Crippen LogP contribution in [0, 0.1) is 7.43 Å². The molecule has 9 rings (SSSR count). The SMILES string of the molecule is O=C(O)C(=O)O.Oc1c2cc(CCC[P+](C3CCCCC3)(C3CCCCC3)C3CCCCC3)cc1CCCCCCc1cc(CCC[P+](C3CCCCC3)(C3CCCCC3)C3CCCCC3)cc(c1O)C=NCCN=C2.[CH3-].[Cr]. The summed E-state index contributed by atoms with van der Waals surface area (Å²) in [4.78, 5) is 28.0. The maximum atomic E-state index is 11.7. The third-order valence-electron chi connectivity index (χ3n) is 20.7. The number of fused-ring (bicyclic) bond motifs is 4. The van der Waals surface area contributed by atoms with Crippen LogP contribution in [0.15, 0.2) is 34.3 Å². The number of carbonyl (C=O) groups is 2. The van der Waals surface area contributed by atoms with E-state index in [9.17, 15) is 10.2 Å². The number of benzene rings is 2. The number of phenols is 2. The molecule has 0 aromatic heterocycles. The molecule has 0 atom stereocenters. The van der Waals surface area contributed by atoms with E-state index in [2.05, 4.69) is 24.3 Å². The first-order chi connectivity index (χ1) is 37.2. The Labute approximate surface area is 486 Å². The molecule has 11 heteroatoms. The molecular weight excluding hydrogens is 1040 g/mol. The second-order valence-corrected chi connectivity index (χ2v) is 34.6. The summed E-state index contributed by atoms with van der Waals surface area (Å²) in [6, 6.07) is 9.38. The van der Waals surface area contributed by atoms with Crippen LogP contribution in [0.2, 0.25) is 0 Å². The van der Waals surface area contributed by atoms with Crippen molar-refractivity contribution in [1.29, 1.82) is 0 Å². The van der Waals surface area contributed by atoms with E-state index in [1.807, 2.05) is 12.4 Å². The van der Waals surface area contributed by atoms with Crippen LogP contribution in [0.3, 0.4) is 0 Å². The molecule has 2 aromatic rings. The molecule has 1 heterocycles. The summed E-state index contributed by atoms with van der Waals surface area (Å²) in [5, 5.41) is 38.3. The summed E-state index contributed by atoms with van der Waals surface area (Å²) in [5.41, 5.74) is 13.2. The fourth-order valence-electron chi connectivity index (χ4n) is 17.2. The normalized spacial score (nSPS) is 21.7. The number of phenolic OH excluding ortho intramolecular Hbond substituents is 2. The van der Waals surface area contributed by atoms with E-state index >= 15 is 0 Å². The maximum absolute atomic E-state index is 11.7. The van der Waals surface area contributed by atoms with E-state index in [1.54, 1.807) is 0 Å². The van der Waals surface area contributed by atoms with Crippen molar-refractivity contribution in [2.45, 2.75) is 291 Å². The quantitative estimate of drug-likeness (QED) is 0.0844. The molecule has 1 aliphatic heterocycles. The Morgan fingerprint density at radius 1 is 0.410 bits per heavy atom. The predicted octanol–water partition coefficient (Wildman–Crippen LogP) is 17.8. The van der Waals surface area contributed by atoms with Gasteiger partial charge in [0.1, 0.15) is 11.5 Å². The third kappa shape index (κ3) is 17.4. The summed E-state index contributed by atoms with van der Waals surface area (Å²) < 4.78 is 0. The van der Waals surface area contributed by atoms with Gasteiger partial charge in [-0.2, -0.15) is 0 Å². The van der Waals surface area contributed by atoms with Crippen molar-refractivity contribution >= 4 is 38.9 Å². The molecule has 0 saturated heterocycles. The Bertz CT molecular complexity index is 1920. The van der Waals surface area contributed by atoms with Crippen molar-refractivity contribution < 1.29 is 47.4 Å². The van der Waals surface area contributed by atoms with Crippen molar-refractivity contribution in [3.05, 3.63) is 65.1 Å². The molecule has 0 spiro atoms. The standard InChI is InChI=1S/C64H100N2O2P2.C2H2O4.CH3.Cr/c67-63-53-27-9-1-2-10-28-54-46-52(26-24-44-70(60-35-17-6-18-36-60,61-37-19-7-20-38-61)62-39-21-8-22-40-62)48-56(64(54)68)50-66-42-41-65-49-55(63)47-51(45-53)25-23-43-69(57-29-11-3-12-30-57,58-31-13-4-14-32-58)59-33-15-5-16-34-59;3-1(4)2(5)6;;/h45-50,57-62H,1-44H2;(H,3,4)(H,5,6);1H3;/q;;-1;/p+2. The van der Waals surface area contributed by atoms with Gasteiger partial charge in [0.15, 0.2) is 0 Å². The smallest absolute Gasteiger partial charge is 0.414 e. The first-order valence-electron chi connectivity index (χ1n) is 32.1. The second kappa shape index (κ2) is 33.7. The number of nitrogens with zero attached hydrogens (tertiary/aromatic N) is 2. The minimum absolute atomic E-state index is 0. The molecule has 6 aliphatic carbocycles. The van der Waals surface area contributed by atoms with Crippen LogP contribution < -0.4 is 0 Å². The summed E-state index contributed by atoms with van der Waals surface area (Å²) in [6.45, 7) is 1.16. The number of aryl methyl sites for hydroxylation is 4. The molecule has 6 saturated carbocycles. The Balaban J connectivity index is 0.00000116. The monoisotopic (exact) mass is 1150 g/mol. The molecular formula is C67H107CrN2O6P2+. The number of rotatable bonds is 14. The molecule has 78 heavy (non-hydrogen) atoms. The zero-order chi connectivity index (χ0) is 53.0. The number of aromatic hydroxyl groups is 2. The number of carboxylic acids is 2. The van der Waals surface area contributed by atoms with Gasteiger partial charge in [-0.25, -0.2) is 9.59 Å². The number of aliphatic carboxylic acids is 2. The van der Waals surface area contributed by atoms with Gasteiger partial charge < -0.3 is 27.9 Å². The van der Waals surface area contributed by atoms with Crippen LogP contribution in [-0.4, -0.2) is 104 Å². The van der Waals surface area contributed by atoms with Gasteiger partial charge in [0.2, 0.25) is 0 Å². The van der Waals surface area contributed by atoms with Gasteiger partial charge in [-0.05, 0) is 240 Å². The summed E-state index contributed by atoms with van der Waals surface area (Å²) in [7, 11) is -2.21. The van der Waals surface area contributed by atoms with Crippen LogP contribution in [0.5, 0.6) is 11.5 Å². The van der Waals surface area contributed by atoms with Gasteiger partial charge in [0, 0.05) is 55.4 Å². The molecule has 2 aromatic carbocycles. The van der Waals surface area contributed by atoms with Crippen molar-refractivity contribution in [3.8, 4) is 11.5 Å². The first kappa shape index (κ1) is 64.9. The Kier molecular flexibility index (Phi) is 28.1. The molecule has 0 amide bonds. The van der Waals surface area contributed by atoms with Crippen LogP contribution in [-0.2, 0) is 52.6 Å². The zero-order valence-electron chi connectivity index (χ0n) is 48.8. The Hall–Kier alpha value is -2.29. The largest absolute Gasteiger partial charge is 0.507 e. The maximum Gasteiger partial charge on any atom is 0.414 e. The summed E-state index contributed by atoms with van der Waals surface area (Å²) in [6.07, 6.45) is 63.2. The summed E-state index contributed by atoms with van der Waals surface area (Å²) >= 11 is 0. The van der Waals surface area contributed by atoms with Gasteiger partial charge in [-0.3, -0.25) is 9.98 Å². The van der Waals surface area contributed by atoms with E-state index in [-0.39, 0.29) is 24.8 Å². The van der Waals surface area contributed by atoms with Crippen molar-refractivity contribution in [2.75, 3.05) is 25.4 Å². The third-order valence-corrected chi connectivity index (χ3v) is 34.2. The topological polar surface area (TPSA) is 140 Å². The molecule has 0 radical (unpaired) electrons. The first-order valence-corrected chi connectivity index (χ1v) is 36.4. The number of hydrogen-bond donors (Lipinski definition) is 4.